The van der Waals surface area contributed by atoms with Gasteiger partial charge in [0.25, 0.3) is 0 Å². The van der Waals surface area contributed by atoms with Crippen LogP contribution in [0.4, 0.5) is 11.4 Å². The number of piperidine rings is 1. The van der Waals surface area contributed by atoms with E-state index in [1.807, 2.05) is 11.9 Å². The van der Waals surface area contributed by atoms with E-state index >= 15 is 0 Å². The van der Waals surface area contributed by atoms with Crippen molar-refractivity contribution in [3.8, 4) is 11.5 Å². The Kier molecular flexibility index (Phi) is 7.36. The molecule has 1 fully saturated rings. The van der Waals surface area contributed by atoms with Gasteiger partial charge in [0.2, 0.25) is 5.91 Å². The number of hydrogen-bond acceptors (Lipinski definition) is 5. The Morgan fingerprint density at radius 1 is 1.03 bits per heavy atom. The first kappa shape index (κ1) is 21.0. The fraction of sp³-hybridized carbons (Fsp3) is 0.435. The van der Waals surface area contributed by atoms with Crippen molar-refractivity contribution < 1.29 is 14.3 Å². The van der Waals surface area contributed by atoms with Gasteiger partial charge in [-0.25, -0.2) is 0 Å². The predicted octanol–water partition coefficient (Wildman–Crippen LogP) is 3.76. The van der Waals surface area contributed by atoms with Crippen LogP contribution in [0.3, 0.4) is 0 Å². The summed E-state index contributed by atoms with van der Waals surface area (Å²) in [5, 5.41) is 2.91. The van der Waals surface area contributed by atoms with Gasteiger partial charge in [-0.1, -0.05) is 12.1 Å². The van der Waals surface area contributed by atoms with Crippen molar-refractivity contribution in [1.82, 2.24) is 4.90 Å². The fourth-order valence-electron chi connectivity index (χ4n) is 3.67. The van der Waals surface area contributed by atoms with E-state index in [1.54, 1.807) is 32.4 Å². The highest BCUT2D eigenvalue weighted by Crippen LogP contribution is 2.29. The van der Waals surface area contributed by atoms with Crippen molar-refractivity contribution in [1.29, 1.82) is 0 Å². The molecule has 29 heavy (non-hydrogen) atoms. The van der Waals surface area contributed by atoms with E-state index in [1.165, 1.54) is 30.5 Å². The zero-order chi connectivity index (χ0) is 20.6. The first-order chi connectivity index (χ1) is 14.1. The molecule has 1 N–H and O–H groups in total. The summed E-state index contributed by atoms with van der Waals surface area (Å²) in [4.78, 5) is 16.9. The number of ether oxygens (including phenoxy) is 2. The molecule has 6 heteroatoms. The SMILES string of the molecule is COc1ccc(NC(=O)CN(C)Cc2ccc(N3CCCCC3)cc2)c(OC)c1. The van der Waals surface area contributed by atoms with Gasteiger partial charge in [0, 0.05) is 31.4 Å². The topological polar surface area (TPSA) is 54.0 Å². The van der Waals surface area contributed by atoms with Gasteiger partial charge in [0.05, 0.1) is 26.5 Å². The maximum absolute atomic E-state index is 12.5. The number of hydrogen-bond donors (Lipinski definition) is 1. The maximum Gasteiger partial charge on any atom is 0.238 e. The van der Waals surface area contributed by atoms with Crippen LogP contribution in [0.2, 0.25) is 0 Å². The number of nitrogens with one attached hydrogen (secondary N) is 1. The van der Waals surface area contributed by atoms with Gasteiger partial charge in [-0.3, -0.25) is 9.69 Å². The summed E-state index contributed by atoms with van der Waals surface area (Å²) in [7, 11) is 5.12. The number of carbonyl (C=O) groups is 1. The molecule has 0 aromatic heterocycles. The molecule has 2 aromatic rings. The lowest BCUT2D eigenvalue weighted by atomic mass is 10.1. The Labute approximate surface area is 173 Å². The number of rotatable bonds is 8. The highest BCUT2D eigenvalue weighted by atomic mass is 16.5. The third-order valence-electron chi connectivity index (χ3n) is 5.21. The van der Waals surface area contributed by atoms with Gasteiger partial charge in [-0.05, 0) is 56.1 Å². The van der Waals surface area contributed by atoms with Crippen LogP contribution in [0.5, 0.6) is 11.5 Å². The minimum absolute atomic E-state index is 0.0825. The Hall–Kier alpha value is -2.73. The number of nitrogens with zero attached hydrogens (tertiary/aromatic N) is 2. The van der Waals surface area contributed by atoms with E-state index in [9.17, 15) is 4.79 Å². The van der Waals surface area contributed by atoms with Crippen LogP contribution in [-0.2, 0) is 11.3 Å². The largest absolute Gasteiger partial charge is 0.497 e. The van der Waals surface area contributed by atoms with E-state index in [4.69, 9.17) is 9.47 Å². The molecular formula is C23H31N3O3. The number of methoxy groups -OCH3 is 2. The normalized spacial score (nSPS) is 14.0. The maximum atomic E-state index is 12.5. The summed E-state index contributed by atoms with van der Waals surface area (Å²) in [6, 6.07) is 14.0. The molecule has 1 aliphatic rings. The summed E-state index contributed by atoms with van der Waals surface area (Å²) in [6.07, 6.45) is 3.89. The van der Waals surface area contributed by atoms with E-state index in [2.05, 4.69) is 34.5 Å². The summed E-state index contributed by atoms with van der Waals surface area (Å²) >= 11 is 0. The number of benzene rings is 2. The molecule has 0 saturated carbocycles. The monoisotopic (exact) mass is 397 g/mol. The van der Waals surface area contributed by atoms with Crippen LogP contribution < -0.4 is 19.7 Å². The standard InChI is InChI=1S/C23H31N3O3/c1-25(16-18-7-9-19(10-8-18)26-13-5-4-6-14-26)17-23(27)24-21-12-11-20(28-2)15-22(21)29-3/h7-12,15H,4-6,13-14,16-17H2,1-3H3,(H,24,27). The van der Waals surface area contributed by atoms with Gasteiger partial charge in [-0.15, -0.1) is 0 Å². The Morgan fingerprint density at radius 2 is 1.76 bits per heavy atom. The molecule has 1 heterocycles. The number of anilines is 2. The summed E-state index contributed by atoms with van der Waals surface area (Å²) in [6.45, 7) is 3.30. The number of carbonyl (C=O) groups excluding carboxylic acids is 1. The average molecular weight is 398 g/mol. The first-order valence-electron chi connectivity index (χ1n) is 10.1. The molecule has 1 amide bonds. The smallest absolute Gasteiger partial charge is 0.238 e. The molecule has 2 aromatic carbocycles. The lowest BCUT2D eigenvalue weighted by Gasteiger charge is -2.29. The van der Waals surface area contributed by atoms with Gasteiger partial charge < -0.3 is 19.7 Å². The molecule has 0 spiro atoms. The summed E-state index contributed by atoms with van der Waals surface area (Å²) in [5.41, 5.74) is 3.13. The van der Waals surface area contributed by atoms with Gasteiger partial charge in [0.1, 0.15) is 11.5 Å². The highest BCUT2D eigenvalue weighted by molar-refractivity contribution is 5.93. The van der Waals surface area contributed by atoms with Crippen molar-refractivity contribution in [2.45, 2.75) is 25.8 Å². The molecule has 6 nitrogen and oxygen atoms in total. The Balaban J connectivity index is 1.52. The molecule has 156 valence electrons. The van der Waals surface area contributed by atoms with Gasteiger partial charge in [0.15, 0.2) is 0 Å². The zero-order valence-electron chi connectivity index (χ0n) is 17.6. The second kappa shape index (κ2) is 10.2. The van der Waals surface area contributed by atoms with Crippen LogP contribution >= 0.6 is 0 Å². The van der Waals surface area contributed by atoms with Crippen LogP contribution in [0.1, 0.15) is 24.8 Å². The minimum atomic E-state index is -0.0825. The van der Waals surface area contributed by atoms with Crippen LogP contribution in [-0.4, -0.2) is 51.7 Å². The lowest BCUT2D eigenvalue weighted by Crippen LogP contribution is -2.30. The third kappa shape index (κ3) is 5.87. The van der Waals surface area contributed by atoms with E-state index in [-0.39, 0.29) is 5.91 Å². The highest BCUT2D eigenvalue weighted by Gasteiger charge is 2.13. The van der Waals surface area contributed by atoms with Gasteiger partial charge in [-0.2, -0.15) is 0 Å². The molecule has 3 rings (SSSR count). The molecule has 1 saturated heterocycles. The van der Waals surface area contributed by atoms with Crippen molar-refractivity contribution >= 4 is 17.3 Å². The van der Waals surface area contributed by atoms with Crippen LogP contribution in [0.25, 0.3) is 0 Å². The quantitative estimate of drug-likeness (QED) is 0.735. The van der Waals surface area contributed by atoms with Crippen LogP contribution in [0, 0.1) is 0 Å². The van der Waals surface area contributed by atoms with E-state index < -0.39 is 0 Å². The number of likely N-dealkylation sites (N-methyl/N-ethyl adjacent to an activating group) is 1. The summed E-state index contributed by atoms with van der Waals surface area (Å²) in [5.74, 6) is 1.18. The van der Waals surface area contributed by atoms with Crippen LogP contribution in [0.15, 0.2) is 42.5 Å². The van der Waals surface area contributed by atoms with Gasteiger partial charge >= 0.3 is 0 Å². The van der Waals surface area contributed by atoms with E-state index in [0.29, 0.717) is 30.3 Å². The summed E-state index contributed by atoms with van der Waals surface area (Å²) < 4.78 is 10.5. The van der Waals surface area contributed by atoms with Crippen molar-refractivity contribution in [2.75, 3.05) is 51.1 Å². The molecule has 1 aliphatic heterocycles. The third-order valence-corrected chi connectivity index (χ3v) is 5.21. The Bertz CT molecular complexity index is 802. The second-order valence-corrected chi connectivity index (χ2v) is 7.50. The minimum Gasteiger partial charge on any atom is -0.497 e. The molecule has 0 atom stereocenters. The fourth-order valence-corrected chi connectivity index (χ4v) is 3.67. The lowest BCUT2D eigenvalue weighted by molar-refractivity contribution is -0.117. The molecule has 0 aliphatic carbocycles. The second-order valence-electron chi connectivity index (χ2n) is 7.50. The van der Waals surface area contributed by atoms with Crippen molar-refractivity contribution in [3.63, 3.8) is 0 Å². The molecule has 0 bridgehead atoms. The molecule has 0 radical (unpaired) electrons. The first-order valence-corrected chi connectivity index (χ1v) is 10.1. The predicted molar refractivity (Wildman–Crippen MR) is 117 cm³/mol. The van der Waals surface area contributed by atoms with Crippen molar-refractivity contribution in [3.05, 3.63) is 48.0 Å². The van der Waals surface area contributed by atoms with E-state index in [0.717, 1.165) is 13.1 Å². The molecular weight excluding hydrogens is 366 g/mol. The molecule has 0 unspecified atom stereocenters. The average Bonchev–Trinajstić information content (AvgIpc) is 2.75. The Morgan fingerprint density at radius 3 is 2.41 bits per heavy atom. The number of amides is 1. The zero-order valence-corrected chi connectivity index (χ0v) is 17.6. The van der Waals surface area contributed by atoms with Crippen molar-refractivity contribution in [2.24, 2.45) is 0 Å².